The van der Waals surface area contributed by atoms with E-state index in [1.165, 1.54) is 64.2 Å². The Labute approximate surface area is 386 Å². The van der Waals surface area contributed by atoms with Crippen molar-refractivity contribution in [2.75, 3.05) is 41.0 Å². The molecule has 0 saturated carbocycles. The van der Waals surface area contributed by atoms with E-state index in [0.29, 0.717) is 12.8 Å². The number of aliphatic carboxylic acids is 1. The van der Waals surface area contributed by atoms with Crippen molar-refractivity contribution >= 4 is 17.9 Å². The summed E-state index contributed by atoms with van der Waals surface area (Å²) in [5.74, 6) is -1.83. The van der Waals surface area contributed by atoms with Crippen LogP contribution in [0.2, 0.25) is 0 Å². The van der Waals surface area contributed by atoms with E-state index >= 15 is 0 Å². The first-order chi connectivity index (χ1) is 30.6. The summed E-state index contributed by atoms with van der Waals surface area (Å²) >= 11 is 0. The molecule has 0 bridgehead atoms. The highest BCUT2D eigenvalue weighted by Gasteiger charge is 2.25. The number of rotatable bonds is 43. The summed E-state index contributed by atoms with van der Waals surface area (Å²) in [4.78, 5) is 37.0. The van der Waals surface area contributed by atoms with Gasteiger partial charge in [0, 0.05) is 19.3 Å². The fourth-order valence-electron chi connectivity index (χ4n) is 6.64. The third kappa shape index (κ3) is 43.3. The topological polar surface area (TPSA) is 102 Å². The van der Waals surface area contributed by atoms with Gasteiger partial charge in [0.15, 0.2) is 6.10 Å². The van der Waals surface area contributed by atoms with Gasteiger partial charge in [0.2, 0.25) is 0 Å². The molecule has 0 rings (SSSR count). The van der Waals surface area contributed by atoms with Gasteiger partial charge in [-0.05, 0) is 89.9 Å². The lowest BCUT2D eigenvalue weighted by atomic mass is 10.1. The molecule has 358 valence electrons. The summed E-state index contributed by atoms with van der Waals surface area (Å²) in [6.45, 7) is 4.44. The number of allylic oxidation sites excluding steroid dienone is 16. The fraction of sp³-hybridized carbons (Fsp3) is 0.655. The quantitative estimate of drug-likeness (QED) is 0.0260. The zero-order chi connectivity index (χ0) is 46.3. The van der Waals surface area contributed by atoms with Crippen LogP contribution in [0.15, 0.2) is 97.2 Å². The number of nitrogens with zero attached hydrogens (tertiary/aromatic N) is 1. The van der Waals surface area contributed by atoms with E-state index in [0.717, 1.165) is 77.0 Å². The predicted octanol–water partition coefficient (Wildman–Crippen LogP) is 12.9. The number of hydrogen-bond acceptors (Lipinski definition) is 7. The molecule has 8 heteroatoms. The summed E-state index contributed by atoms with van der Waals surface area (Å²) in [5, 5.41) is 11.7. The summed E-state index contributed by atoms with van der Waals surface area (Å²) in [7, 11) is 5.38. The standard InChI is InChI=1S/C55H91NO7/c1-6-8-10-12-14-16-18-20-22-24-25-26-27-28-30-31-33-35-37-39-41-43-45-53(57)62-50-51(49-61-48-47-52(55(59)60)56(3,4)5)63-54(58)46-44-42-40-38-36-34-32-29-23-21-19-17-15-13-11-9-7-2/h9,11,14-17,20-23,25-26,32,34,38,40,51-52H,6-8,10,12-13,18-19,24,27-31,33,35-37,39,41-50H2,1-5H3/b11-9+,16-14+,17-15+,22-20+,23-21+,26-25+,34-32+,40-38+. The largest absolute Gasteiger partial charge is 0.544 e. The van der Waals surface area contributed by atoms with Crippen molar-refractivity contribution in [1.29, 1.82) is 0 Å². The number of likely N-dealkylation sites (N-methyl/N-ethyl adjacent to an activating group) is 1. The van der Waals surface area contributed by atoms with Crippen LogP contribution in [-0.4, -0.2) is 75.5 Å². The Kier molecular flexibility index (Phi) is 42.2. The highest BCUT2D eigenvalue weighted by atomic mass is 16.6. The minimum Gasteiger partial charge on any atom is -0.544 e. The number of carboxylic acid groups (broad SMARTS) is 1. The fourth-order valence-corrected chi connectivity index (χ4v) is 6.64. The lowest BCUT2D eigenvalue weighted by Crippen LogP contribution is -2.55. The number of unbranched alkanes of at least 4 members (excludes halogenated alkanes) is 13. The monoisotopic (exact) mass is 878 g/mol. The highest BCUT2D eigenvalue weighted by Crippen LogP contribution is 2.13. The minimum absolute atomic E-state index is 0.0105. The van der Waals surface area contributed by atoms with Gasteiger partial charge in [-0.25, -0.2) is 0 Å². The Morgan fingerprint density at radius 3 is 1.37 bits per heavy atom. The molecule has 8 nitrogen and oxygen atoms in total. The molecule has 0 radical (unpaired) electrons. The number of hydrogen-bond donors (Lipinski definition) is 0. The molecular weight excluding hydrogens is 787 g/mol. The molecule has 0 aliphatic carbocycles. The van der Waals surface area contributed by atoms with Gasteiger partial charge in [0.05, 0.1) is 40.3 Å². The second kappa shape index (κ2) is 44.8. The summed E-state index contributed by atoms with van der Waals surface area (Å²) in [6, 6.07) is -0.743. The normalized spacial score (nSPS) is 13.7. The highest BCUT2D eigenvalue weighted by molar-refractivity contribution is 5.70. The van der Waals surface area contributed by atoms with Gasteiger partial charge >= 0.3 is 11.9 Å². The van der Waals surface area contributed by atoms with Gasteiger partial charge in [-0.1, -0.05) is 169 Å². The lowest BCUT2D eigenvalue weighted by Gasteiger charge is -2.34. The van der Waals surface area contributed by atoms with Crippen LogP contribution in [0.25, 0.3) is 0 Å². The minimum atomic E-state index is -1.14. The van der Waals surface area contributed by atoms with E-state index < -0.39 is 18.1 Å². The number of carboxylic acids is 1. The zero-order valence-electron chi connectivity index (χ0n) is 40.7. The molecule has 0 saturated heterocycles. The summed E-state index contributed by atoms with van der Waals surface area (Å²) in [6.07, 6.45) is 60.1. The lowest BCUT2D eigenvalue weighted by molar-refractivity contribution is -0.889. The van der Waals surface area contributed by atoms with E-state index in [1.54, 1.807) is 21.1 Å². The Bertz CT molecular complexity index is 1350. The molecule has 2 unspecified atom stereocenters. The van der Waals surface area contributed by atoms with Crippen LogP contribution in [0.3, 0.4) is 0 Å². The average Bonchev–Trinajstić information content (AvgIpc) is 3.24. The van der Waals surface area contributed by atoms with Crippen molar-refractivity contribution in [1.82, 2.24) is 0 Å². The molecule has 0 heterocycles. The maximum atomic E-state index is 12.7. The second-order valence-electron chi connectivity index (χ2n) is 17.3. The number of quaternary nitrogens is 1. The van der Waals surface area contributed by atoms with E-state index in [2.05, 4.69) is 111 Å². The molecule has 2 atom stereocenters. The number of carbonyl (C=O) groups excluding carboxylic acids is 3. The van der Waals surface area contributed by atoms with Crippen molar-refractivity contribution < 1.29 is 38.2 Å². The maximum Gasteiger partial charge on any atom is 0.306 e. The second-order valence-corrected chi connectivity index (χ2v) is 17.3. The molecule has 0 N–H and O–H groups in total. The SMILES string of the molecule is CC/C=C/C/C=C/C/C=C/C/C=C/C/C=C/CCCC(=O)OC(COCCC(C(=O)[O-])[N+](C)(C)C)COC(=O)CCCCCCCCCCC/C=C/C/C=C/C/C=C/CCCCC. The van der Waals surface area contributed by atoms with Gasteiger partial charge in [-0.15, -0.1) is 0 Å². The molecule has 0 spiro atoms. The number of ether oxygens (including phenoxy) is 3. The molecule has 0 aliphatic rings. The van der Waals surface area contributed by atoms with E-state index in [1.807, 2.05) is 0 Å². The molecule has 0 amide bonds. The molecule has 0 aromatic carbocycles. The van der Waals surface area contributed by atoms with Crippen LogP contribution in [0.1, 0.15) is 181 Å². The first kappa shape index (κ1) is 59.2. The van der Waals surface area contributed by atoms with Gasteiger partial charge < -0.3 is 28.6 Å². The number of carbonyl (C=O) groups is 3. The molecule has 0 fully saturated rings. The molecule has 0 aromatic heterocycles. The van der Waals surface area contributed by atoms with Crippen LogP contribution >= 0.6 is 0 Å². The van der Waals surface area contributed by atoms with Crippen LogP contribution in [0, 0.1) is 0 Å². The van der Waals surface area contributed by atoms with Crippen molar-refractivity contribution in [2.24, 2.45) is 0 Å². The molecule has 0 aliphatic heterocycles. The van der Waals surface area contributed by atoms with Gasteiger partial charge in [0.25, 0.3) is 0 Å². The van der Waals surface area contributed by atoms with E-state index in [-0.39, 0.29) is 49.1 Å². The zero-order valence-corrected chi connectivity index (χ0v) is 40.7. The Morgan fingerprint density at radius 1 is 0.492 bits per heavy atom. The summed E-state index contributed by atoms with van der Waals surface area (Å²) in [5.41, 5.74) is 0. The van der Waals surface area contributed by atoms with Crippen LogP contribution in [0.5, 0.6) is 0 Å². The van der Waals surface area contributed by atoms with Crippen molar-refractivity contribution in [2.45, 2.75) is 193 Å². The average molecular weight is 878 g/mol. The van der Waals surface area contributed by atoms with Crippen LogP contribution < -0.4 is 5.11 Å². The van der Waals surface area contributed by atoms with Gasteiger partial charge in [-0.2, -0.15) is 0 Å². The predicted molar refractivity (Wildman–Crippen MR) is 263 cm³/mol. The Balaban J connectivity index is 4.36. The van der Waals surface area contributed by atoms with Gasteiger partial charge in [-0.3, -0.25) is 9.59 Å². The third-order valence-corrected chi connectivity index (χ3v) is 10.5. The van der Waals surface area contributed by atoms with Crippen LogP contribution in [0.4, 0.5) is 0 Å². The molecule has 0 aromatic rings. The van der Waals surface area contributed by atoms with E-state index in [4.69, 9.17) is 14.2 Å². The number of esters is 2. The van der Waals surface area contributed by atoms with E-state index in [9.17, 15) is 19.5 Å². The smallest absolute Gasteiger partial charge is 0.306 e. The first-order valence-corrected chi connectivity index (χ1v) is 24.8. The third-order valence-electron chi connectivity index (χ3n) is 10.5. The Hall–Kier alpha value is -3.75. The first-order valence-electron chi connectivity index (χ1n) is 24.8. The Morgan fingerprint density at radius 2 is 0.905 bits per heavy atom. The van der Waals surface area contributed by atoms with Gasteiger partial charge in [0.1, 0.15) is 12.6 Å². The van der Waals surface area contributed by atoms with Crippen molar-refractivity contribution in [3.05, 3.63) is 97.2 Å². The van der Waals surface area contributed by atoms with Crippen LogP contribution in [-0.2, 0) is 28.6 Å². The molecular formula is C55H91NO7. The summed E-state index contributed by atoms with van der Waals surface area (Å²) < 4.78 is 17.1. The van der Waals surface area contributed by atoms with Crippen molar-refractivity contribution in [3.63, 3.8) is 0 Å². The maximum absolute atomic E-state index is 12.7. The van der Waals surface area contributed by atoms with Crippen molar-refractivity contribution in [3.8, 4) is 0 Å². The molecule has 63 heavy (non-hydrogen) atoms.